The molecule has 1 N–H and O–H groups in total. The van der Waals surface area contributed by atoms with Crippen LogP contribution in [0.5, 0.6) is 0 Å². The highest BCUT2D eigenvalue weighted by Gasteiger charge is 2.36. The first-order valence-electron chi connectivity index (χ1n) is 5.22. The van der Waals surface area contributed by atoms with Crippen LogP contribution in [-0.4, -0.2) is 29.1 Å². The monoisotopic (exact) mass is 303 g/mol. The van der Waals surface area contributed by atoms with Crippen LogP contribution in [0.1, 0.15) is 17.7 Å². The highest BCUT2D eigenvalue weighted by atomic mass is 79.9. The normalized spacial score (nSPS) is 24.4. The van der Waals surface area contributed by atoms with Crippen molar-refractivity contribution in [2.45, 2.75) is 25.4 Å². The smallest absolute Gasteiger partial charge is 0.306 e. The summed E-state index contributed by atoms with van der Waals surface area (Å²) in [6.45, 7) is 0.910. The number of halogens is 1. The zero-order chi connectivity index (χ0) is 11.7. The number of rotatable bonds is 4. The standard InChI is InChI=1S/C11H14BrNO2S/c1-13(5-10-4-8(12)6-16-10)9-2-7(3-9)11(14)15/h4,6-7,9H,2-3,5H2,1H3,(H,14,15). The van der Waals surface area contributed by atoms with E-state index in [2.05, 4.69) is 39.3 Å². The summed E-state index contributed by atoms with van der Waals surface area (Å²) >= 11 is 5.17. The van der Waals surface area contributed by atoms with Gasteiger partial charge in [0.25, 0.3) is 0 Å². The first kappa shape index (κ1) is 12.1. The van der Waals surface area contributed by atoms with E-state index in [4.69, 9.17) is 5.11 Å². The van der Waals surface area contributed by atoms with Gasteiger partial charge < -0.3 is 5.11 Å². The maximum atomic E-state index is 10.7. The van der Waals surface area contributed by atoms with Gasteiger partial charge >= 0.3 is 5.97 Å². The van der Waals surface area contributed by atoms with Crippen LogP contribution in [0.2, 0.25) is 0 Å². The van der Waals surface area contributed by atoms with E-state index in [9.17, 15) is 4.79 Å². The second-order valence-corrected chi connectivity index (χ2v) is 6.22. The van der Waals surface area contributed by atoms with Crippen molar-refractivity contribution < 1.29 is 9.90 Å². The van der Waals surface area contributed by atoms with Crippen LogP contribution in [0.3, 0.4) is 0 Å². The molecule has 0 bridgehead atoms. The number of aliphatic carboxylic acids is 1. The lowest BCUT2D eigenvalue weighted by atomic mass is 9.79. The fraction of sp³-hybridized carbons (Fsp3) is 0.545. The van der Waals surface area contributed by atoms with Gasteiger partial charge in [0, 0.05) is 27.3 Å². The van der Waals surface area contributed by atoms with Crippen LogP contribution in [0.25, 0.3) is 0 Å². The number of carboxylic acid groups (broad SMARTS) is 1. The number of hydrogen-bond acceptors (Lipinski definition) is 3. The fourth-order valence-corrected chi connectivity index (χ4v) is 3.47. The van der Waals surface area contributed by atoms with Gasteiger partial charge in [0.2, 0.25) is 0 Å². The summed E-state index contributed by atoms with van der Waals surface area (Å²) < 4.78 is 1.12. The third-order valence-electron chi connectivity index (χ3n) is 3.11. The molecule has 88 valence electrons. The van der Waals surface area contributed by atoms with Gasteiger partial charge in [-0.25, -0.2) is 0 Å². The summed E-state index contributed by atoms with van der Waals surface area (Å²) in [5, 5.41) is 10.9. The summed E-state index contributed by atoms with van der Waals surface area (Å²) in [5.41, 5.74) is 0. The van der Waals surface area contributed by atoms with Crippen molar-refractivity contribution in [2.75, 3.05) is 7.05 Å². The molecule has 3 nitrogen and oxygen atoms in total. The molecule has 1 aromatic heterocycles. The molecule has 16 heavy (non-hydrogen) atoms. The van der Waals surface area contributed by atoms with E-state index < -0.39 is 5.97 Å². The number of hydrogen-bond donors (Lipinski definition) is 1. The van der Waals surface area contributed by atoms with Gasteiger partial charge in [0.1, 0.15) is 0 Å². The average molecular weight is 304 g/mol. The van der Waals surface area contributed by atoms with Gasteiger partial charge in [-0.15, -0.1) is 11.3 Å². The van der Waals surface area contributed by atoms with Gasteiger partial charge in [0.05, 0.1) is 5.92 Å². The van der Waals surface area contributed by atoms with Gasteiger partial charge in [-0.3, -0.25) is 9.69 Å². The molecule has 0 unspecified atom stereocenters. The lowest BCUT2D eigenvalue weighted by molar-refractivity contribution is -0.146. The molecule has 1 heterocycles. The molecular weight excluding hydrogens is 290 g/mol. The van der Waals surface area contributed by atoms with Crippen LogP contribution >= 0.6 is 27.3 Å². The van der Waals surface area contributed by atoms with Crippen LogP contribution < -0.4 is 0 Å². The van der Waals surface area contributed by atoms with E-state index in [-0.39, 0.29) is 5.92 Å². The Bertz CT molecular complexity index is 387. The Morgan fingerprint density at radius 3 is 2.88 bits per heavy atom. The summed E-state index contributed by atoms with van der Waals surface area (Å²) in [7, 11) is 2.07. The van der Waals surface area contributed by atoms with E-state index in [1.807, 2.05) is 0 Å². The van der Waals surface area contributed by atoms with Gasteiger partial charge in [-0.2, -0.15) is 0 Å². The number of nitrogens with zero attached hydrogens (tertiary/aromatic N) is 1. The highest BCUT2D eigenvalue weighted by molar-refractivity contribution is 9.10. The van der Waals surface area contributed by atoms with Gasteiger partial charge in [-0.05, 0) is 41.9 Å². The predicted molar refractivity (Wildman–Crippen MR) is 67.6 cm³/mol. The molecule has 1 aliphatic rings. The Labute approximate surface area is 107 Å². The summed E-state index contributed by atoms with van der Waals surface area (Å²) in [4.78, 5) is 14.2. The van der Waals surface area contributed by atoms with E-state index >= 15 is 0 Å². The van der Waals surface area contributed by atoms with Crippen molar-refractivity contribution in [3.8, 4) is 0 Å². The minimum absolute atomic E-state index is 0.123. The molecule has 1 saturated carbocycles. The fourth-order valence-electron chi connectivity index (χ4n) is 1.96. The average Bonchev–Trinajstić information content (AvgIpc) is 2.47. The van der Waals surface area contributed by atoms with Crippen molar-refractivity contribution >= 4 is 33.2 Å². The van der Waals surface area contributed by atoms with Crippen LogP contribution in [-0.2, 0) is 11.3 Å². The summed E-state index contributed by atoms with van der Waals surface area (Å²) in [5.74, 6) is -0.772. The van der Waals surface area contributed by atoms with Crippen LogP contribution in [0.4, 0.5) is 0 Å². The number of carboxylic acids is 1. The maximum Gasteiger partial charge on any atom is 0.306 e. The molecule has 0 atom stereocenters. The van der Waals surface area contributed by atoms with Crippen molar-refractivity contribution in [1.82, 2.24) is 4.90 Å². The van der Waals surface area contributed by atoms with E-state index in [1.165, 1.54) is 4.88 Å². The van der Waals surface area contributed by atoms with Crippen molar-refractivity contribution in [3.05, 3.63) is 20.8 Å². The van der Waals surface area contributed by atoms with E-state index in [0.29, 0.717) is 6.04 Å². The Morgan fingerprint density at radius 1 is 1.69 bits per heavy atom. The predicted octanol–water partition coefficient (Wildman–Crippen LogP) is 2.81. The molecule has 0 radical (unpaired) electrons. The molecule has 0 spiro atoms. The molecule has 0 amide bonds. The molecular formula is C11H14BrNO2S. The Morgan fingerprint density at radius 2 is 2.38 bits per heavy atom. The quantitative estimate of drug-likeness (QED) is 0.930. The number of thiophene rings is 1. The summed E-state index contributed by atoms with van der Waals surface area (Å²) in [6, 6.07) is 2.55. The number of carbonyl (C=O) groups is 1. The maximum absolute atomic E-state index is 10.7. The van der Waals surface area contributed by atoms with E-state index in [1.54, 1.807) is 11.3 Å². The minimum Gasteiger partial charge on any atom is -0.481 e. The van der Waals surface area contributed by atoms with E-state index in [0.717, 1.165) is 23.9 Å². The lowest BCUT2D eigenvalue weighted by Crippen LogP contribution is -2.44. The summed E-state index contributed by atoms with van der Waals surface area (Å²) in [6.07, 6.45) is 1.58. The van der Waals surface area contributed by atoms with Crippen LogP contribution in [0.15, 0.2) is 15.9 Å². The van der Waals surface area contributed by atoms with Gasteiger partial charge in [-0.1, -0.05) is 0 Å². The minimum atomic E-state index is -0.650. The zero-order valence-electron chi connectivity index (χ0n) is 9.02. The first-order valence-corrected chi connectivity index (χ1v) is 6.89. The van der Waals surface area contributed by atoms with Gasteiger partial charge in [0.15, 0.2) is 0 Å². The second-order valence-electron chi connectivity index (χ2n) is 4.31. The topological polar surface area (TPSA) is 40.5 Å². The van der Waals surface area contributed by atoms with Crippen molar-refractivity contribution in [1.29, 1.82) is 0 Å². The molecule has 1 aliphatic carbocycles. The molecule has 5 heteroatoms. The Hall–Kier alpha value is -0.390. The zero-order valence-corrected chi connectivity index (χ0v) is 11.4. The molecule has 0 aromatic carbocycles. The first-order chi connectivity index (χ1) is 7.56. The molecule has 0 saturated heterocycles. The SMILES string of the molecule is CN(Cc1cc(Br)cs1)C1CC(C(=O)O)C1. The third-order valence-corrected chi connectivity index (χ3v) is 4.80. The third kappa shape index (κ3) is 2.64. The van der Waals surface area contributed by atoms with Crippen LogP contribution in [0, 0.1) is 5.92 Å². The highest BCUT2D eigenvalue weighted by Crippen LogP contribution is 2.32. The molecule has 2 rings (SSSR count). The largest absolute Gasteiger partial charge is 0.481 e. The lowest BCUT2D eigenvalue weighted by Gasteiger charge is -2.38. The Kier molecular flexibility index (Phi) is 3.66. The molecule has 1 fully saturated rings. The Balaban J connectivity index is 1.82. The molecule has 0 aliphatic heterocycles. The van der Waals surface area contributed by atoms with Crippen molar-refractivity contribution in [3.63, 3.8) is 0 Å². The second kappa shape index (κ2) is 4.85. The van der Waals surface area contributed by atoms with Crippen molar-refractivity contribution in [2.24, 2.45) is 5.92 Å². The molecule has 1 aromatic rings.